The number of nitrogens with two attached hydrogens (primary N) is 1. The number of aliphatic hydroxyl groups is 1. The van der Waals surface area contributed by atoms with Gasteiger partial charge in [0.05, 0.1) is 0 Å². The predicted molar refractivity (Wildman–Crippen MR) is 71.3 cm³/mol. The highest BCUT2D eigenvalue weighted by atomic mass is 16.5. The molecule has 2 aromatic carbocycles. The second-order valence-corrected chi connectivity index (χ2v) is 4.23. The number of benzene rings is 2. The van der Waals surface area contributed by atoms with Gasteiger partial charge in [0.1, 0.15) is 6.10 Å². The first-order valence-electron chi connectivity index (χ1n) is 5.99. The molecule has 0 saturated heterocycles. The number of nitrogens with zero attached hydrogens (tertiary/aromatic N) is 2. The van der Waals surface area contributed by atoms with E-state index in [1.165, 1.54) is 0 Å². The third kappa shape index (κ3) is 2.09. The summed E-state index contributed by atoms with van der Waals surface area (Å²) in [6, 6.07) is 13.8. The molecule has 1 heterocycles. The molecule has 1 aromatic heterocycles. The molecule has 3 rings (SSSR count). The molecule has 0 amide bonds. The number of hydrogen-bond acceptors (Lipinski definition) is 5. The Morgan fingerprint density at radius 2 is 1.95 bits per heavy atom. The van der Waals surface area contributed by atoms with Crippen LogP contribution in [0.5, 0.6) is 0 Å². The van der Waals surface area contributed by atoms with Crippen molar-refractivity contribution in [2.75, 3.05) is 6.54 Å². The standard InChI is InChI=1S/C14H13N3O2/c15-8-12(18)14-16-13(17-19-14)11-7-3-5-9-4-1-2-6-10(9)11/h1-7,12,18H,8,15H2/t12-/m0/s1. The van der Waals surface area contributed by atoms with E-state index < -0.39 is 6.10 Å². The van der Waals surface area contributed by atoms with E-state index in [0.29, 0.717) is 5.82 Å². The van der Waals surface area contributed by atoms with Gasteiger partial charge in [-0.15, -0.1) is 0 Å². The van der Waals surface area contributed by atoms with Crippen LogP contribution in [0.2, 0.25) is 0 Å². The quantitative estimate of drug-likeness (QED) is 0.746. The zero-order valence-electron chi connectivity index (χ0n) is 10.2. The van der Waals surface area contributed by atoms with Gasteiger partial charge in [0.15, 0.2) is 0 Å². The molecule has 0 aliphatic heterocycles. The molecule has 0 radical (unpaired) electrons. The van der Waals surface area contributed by atoms with E-state index in [-0.39, 0.29) is 12.4 Å². The summed E-state index contributed by atoms with van der Waals surface area (Å²) in [5.41, 5.74) is 6.24. The molecule has 0 spiro atoms. The molecule has 96 valence electrons. The first-order valence-corrected chi connectivity index (χ1v) is 5.99. The van der Waals surface area contributed by atoms with E-state index >= 15 is 0 Å². The van der Waals surface area contributed by atoms with Crippen molar-refractivity contribution in [2.24, 2.45) is 5.73 Å². The van der Waals surface area contributed by atoms with Crippen LogP contribution in [0.3, 0.4) is 0 Å². The van der Waals surface area contributed by atoms with Crippen LogP contribution in [0.1, 0.15) is 12.0 Å². The van der Waals surface area contributed by atoms with Crippen molar-refractivity contribution >= 4 is 10.8 Å². The Bertz CT molecular complexity index is 703. The van der Waals surface area contributed by atoms with E-state index in [1.54, 1.807) is 0 Å². The molecular weight excluding hydrogens is 242 g/mol. The van der Waals surface area contributed by atoms with Crippen LogP contribution in [0.4, 0.5) is 0 Å². The van der Waals surface area contributed by atoms with Gasteiger partial charge < -0.3 is 15.4 Å². The smallest absolute Gasteiger partial charge is 0.257 e. The first-order chi connectivity index (χ1) is 9.29. The Kier molecular flexibility index (Phi) is 2.98. The van der Waals surface area contributed by atoms with E-state index in [4.69, 9.17) is 10.3 Å². The molecule has 0 saturated carbocycles. The van der Waals surface area contributed by atoms with Gasteiger partial charge in [-0.25, -0.2) is 0 Å². The maximum Gasteiger partial charge on any atom is 0.257 e. The van der Waals surface area contributed by atoms with Crippen molar-refractivity contribution in [2.45, 2.75) is 6.10 Å². The average Bonchev–Trinajstić information content (AvgIpc) is 2.95. The van der Waals surface area contributed by atoms with Crippen LogP contribution >= 0.6 is 0 Å². The van der Waals surface area contributed by atoms with Crippen LogP contribution in [-0.2, 0) is 0 Å². The monoisotopic (exact) mass is 255 g/mol. The fourth-order valence-electron chi connectivity index (χ4n) is 2.00. The summed E-state index contributed by atoms with van der Waals surface area (Å²) in [4.78, 5) is 4.19. The van der Waals surface area contributed by atoms with Crippen LogP contribution in [0, 0.1) is 0 Å². The van der Waals surface area contributed by atoms with E-state index in [2.05, 4.69) is 10.1 Å². The fourth-order valence-corrected chi connectivity index (χ4v) is 2.00. The van der Waals surface area contributed by atoms with Crippen LogP contribution in [-0.4, -0.2) is 21.8 Å². The summed E-state index contributed by atoms with van der Waals surface area (Å²) >= 11 is 0. The van der Waals surface area contributed by atoms with Gasteiger partial charge in [0.2, 0.25) is 5.82 Å². The largest absolute Gasteiger partial charge is 0.382 e. The summed E-state index contributed by atoms with van der Waals surface area (Å²) in [6.45, 7) is 0.0527. The van der Waals surface area contributed by atoms with E-state index in [1.807, 2.05) is 42.5 Å². The molecule has 3 N–H and O–H groups in total. The van der Waals surface area contributed by atoms with Crippen molar-refractivity contribution in [1.29, 1.82) is 0 Å². The van der Waals surface area contributed by atoms with Crippen molar-refractivity contribution in [3.63, 3.8) is 0 Å². The molecule has 0 fully saturated rings. The Morgan fingerprint density at radius 1 is 1.16 bits per heavy atom. The number of aromatic nitrogens is 2. The summed E-state index contributed by atoms with van der Waals surface area (Å²) in [5, 5.41) is 15.6. The van der Waals surface area contributed by atoms with Gasteiger partial charge in [-0.1, -0.05) is 47.6 Å². The lowest BCUT2D eigenvalue weighted by molar-refractivity contribution is 0.141. The van der Waals surface area contributed by atoms with Crippen LogP contribution < -0.4 is 5.73 Å². The summed E-state index contributed by atoms with van der Waals surface area (Å²) in [6.07, 6.45) is -0.920. The van der Waals surface area contributed by atoms with Crippen LogP contribution in [0.25, 0.3) is 22.2 Å². The molecule has 1 atom stereocenters. The molecule has 19 heavy (non-hydrogen) atoms. The van der Waals surface area contributed by atoms with Crippen molar-refractivity contribution < 1.29 is 9.63 Å². The van der Waals surface area contributed by atoms with Crippen molar-refractivity contribution in [3.8, 4) is 11.4 Å². The SMILES string of the molecule is NC[C@H](O)c1nc(-c2cccc3ccccc23)no1. The van der Waals surface area contributed by atoms with Gasteiger partial charge in [-0.2, -0.15) is 4.98 Å². The molecule has 0 aliphatic carbocycles. The summed E-state index contributed by atoms with van der Waals surface area (Å²) in [5.74, 6) is 0.602. The zero-order chi connectivity index (χ0) is 13.2. The Labute approximate surface area is 109 Å². The zero-order valence-corrected chi connectivity index (χ0v) is 10.2. The lowest BCUT2D eigenvalue weighted by Crippen LogP contribution is -2.11. The minimum absolute atomic E-state index is 0.0527. The highest BCUT2D eigenvalue weighted by Crippen LogP contribution is 2.27. The van der Waals surface area contributed by atoms with E-state index in [0.717, 1.165) is 16.3 Å². The molecular formula is C14H13N3O2. The number of rotatable bonds is 3. The second-order valence-electron chi connectivity index (χ2n) is 4.23. The average molecular weight is 255 g/mol. The Hall–Kier alpha value is -2.24. The highest BCUT2D eigenvalue weighted by Gasteiger charge is 2.16. The third-order valence-corrected chi connectivity index (χ3v) is 2.98. The first kappa shape index (κ1) is 11.8. The van der Waals surface area contributed by atoms with Crippen LogP contribution in [0.15, 0.2) is 47.0 Å². The van der Waals surface area contributed by atoms with Gasteiger partial charge in [-0.3, -0.25) is 0 Å². The van der Waals surface area contributed by atoms with Gasteiger partial charge in [-0.05, 0) is 10.8 Å². The predicted octanol–water partition coefficient (Wildman–Crippen LogP) is 1.88. The maximum absolute atomic E-state index is 9.58. The lowest BCUT2D eigenvalue weighted by Gasteiger charge is -2.02. The Balaban J connectivity index is 2.12. The molecule has 3 aromatic rings. The minimum Gasteiger partial charge on any atom is -0.382 e. The van der Waals surface area contributed by atoms with Gasteiger partial charge in [0.25, 0.3) is 5.89 Å². The maximum atomic E-state index is 9.58. The van der Waals surface area contributed by atoms with Gasteiger partial charge >= 0.3 is 0 Å². The molecule has 0 bridgehead atoms. The Morgan fingerprint density at radius 3 is 2.79 bits per heavy atom. The van der Waals surface area contributed by atoms with E-state index in [9.17, 15) is 5.11 Å². The van der Waals surface area contributed by atoms with Gasteiger partial charge in [0, 0.05) is 12.1 Å². The minimum atomic E-state index is -0.920. The lowest BCUT2D eigenvalue weighted by atomic mass is 10.0. The molecule has 5 nitrogen and oxygen atoms in total. The van der Waals surface area contributed by atoms with Crippen molar-refractivity contribution in [3.05, 3.63) is 48.4 Å². The number of aliphatic hydroxyl groups excluding tert-OH is 1. The summed E-state index contributed by atoms with van der Waals surface area (Å²) in [7, 11) is 0. The summed E-state index contributed by atoms with van der Waals surface area (Å²) < 4.78 is 5.03. The molecule has 0 aliphatic rings. The normalized spacial score (nSPS) is 12.7. The van der Waals surface area contributed by atoms with Crippen molar-refractivity contribution in [1.82, 2.24) is 10.1 Å². The topological polar surface area (TPSA) is 85.2 Å². The fraction of sp³-hybridized carbons (Fsp3) is 0.143. The molecule has 0 unspecified atom stereocenters. The highest BCUT2D eigenvalue weighted by molar-refractivity contribution is 5.94. The third-order valence-electron chi connectivity index (χ3n) is 2.98. The molecule has 5 heteroatoms. The number of hydrogen-bond donors (Lipinski definition) is 2. The second kappa shape index (κ2) is 4.79. The number of fused-ring (bicyclic) bond motifs is 1.